The molecule has 1 heterocycles. The largest absolute Gasteiger partial charge is 0.478 e. The smallest absolute Gasteiger partial charge is 0.261 e. The van der Waals surface area contributed by atoms with Gasteiger partial charge in [0.25, 0.3) is 5.91 Å². The lowest BCUT2D eigenvalue weighted by molar-refractivity contribution is -0.127. The molecule has 1 aromatic carbocycles. The maximum Gasteiger partial charge on any atom is 0.261 e. The number of nitrogens with zero attached hydrogens (tertiary/aromatic N) is 1. The van der Waals surface area contributed by atoms with Crippen LogP contribution in [-0.2, 0) is 11.3 Å². The third-order valence-electron chi connectivity index (χ3n) is 2.76. The highest BCUT2D eigenvalue weighted by Gasteiger charge is 2.16. The second-order valence-electron chi connectivity index (χ2n) is 4.41. The van der Waals surface area contributed by atoms with Crippen LogP contribution in [0.5, 0.6) is 5.75 Å². The summed E-state index contributed by atoms with van der Waals surface area (Å²) >= 11 is 0. The summed E-state index contributed by atoms with van der Waals surface area (Å²) in [6.07, 6.45) is 2.36. The molecule has 0 aliphatic heterocycles. The van der Waals surface area contributed by atoms with E-state index in [1.165, 1.54) is 6.92 Å². The van der Waals surface area contributed by atoms with E-state index in [0.29, 0.717) is 12.6 Å². The number of carbonyl (C=O) groups excluding carboxylic acids is 1. The molecule has 1 atom stereocenters. The van der Waals surface area contributed by atoms with Crippen molar-refractivity contribution in [2.45, 2.75) is 19.6 Å². The second kappa shape index (κ2) is 6.78. The van der Waals surface area contributed by atoms with Gasteiger partial charge in [-0.15, -0.1) is 0 Å². The zero-order valence-electron chi connectivity index (χ0n) is 11.3. The molecule has 0 unspecified atom stereocenters. The SMILES string of the molecule is C[C@@H](Oc1ccc(F)cc1F)C(=O)NCc1cccnc1. The Hall–Kier alpha value is -2.50. The highest BCUT2D eigenvalue weighted by atomic mass is 19.1. The normalized spacial score (nSPS) is 11.8. The number of halogens is 2. The van der Waals surface area contributed by atoms with Gasteiger partial charge >= 0.3 is 0 Å². The monoisotopic (exact) mass is 292 g/mol. The molecule has 1 N–H and O–H groups in total. The first-order valence-corrected chi connectivity index (χ1v) is 6.34. The van der Waals surface area contributed by atoms with E-state index in [-0.39, 0.29) is 5.75 Å². The van der Waals surface area contributed by atoms with Gasteiger partial charge in [-0.1, -0.05) is 6.07 Å². The van der Waals surface area contributed by atoms with E-state index in [1.54, 1.807) is 18.5 Å². The minimum atomic E-state index is -0.901. The molecule has 6 heteroatoms. The summed E-state index contributed by atoms with van der Waals surface area (Å²) in [6, 6.07) is 6.50. The maximum atomic E-state index is 13.4. The maximum absolute atomic E-state index is 13.4. The number of hydrogen-bond acceptors (Lipinski definition) is 3. The fraction of sp³-hybridized carbons (Fsp3) is 0.200. The molecule has 110 valence electrons. The summed E-state index contributed by atoms with van der Waals surface area (Å²) < 4.78 is 31.4. The Morgan fingerprint density at radius 3 is 2.86 bits per heavy atom. The van der Waals surface area contributed by atoms with Crippen LogP contribution in [0.2, 0.25) is 0 Å². The second-order valence-corrected chi connectivity index (χ2v) is 4.41. The molecular formula is C15H14F2N2O2. The minimum Gasteiger partial charge on any atom is -0.478 e. The lowest BCUT2D eigenvalue weighted by Gasteiger charge is -2.15. The Morgan fingerprint density at radius 1 is 1.38 bits per heavy atom. The Labute approximate surface area is 120 Å². The van der Waals surface area contributed by atoms with Gasteiger partial charge in [-0.3, -0.25) is 9.78 Å². The predicted molar refractivity (Wildman–Crippen MR) is 72.5 cm³/mol. The van der Waals surface area contributed by atoms with Crippen LogP contribution in [-0.4, -0.2) is 17.0 Å². The van der Waals surface area contributed by atoms with Crippen LogP contribution in [0.4, 0.5) is 8.78 Å². The molecule has 2 rings (SSSR count). The molecule has 2 aromatic rings. The molecule has 0 fully saturated rings. The summed E-state index contributed by atoms with van der Waals surface area (Å²) in [5.74, 6) is -2.11. The number of pyridine rings is 1. The molecule has 0 aliphatic carbocycles. The van der Waals surface area contributed by atoms with Crippen molar-refractivity contribution in [1.29, 1.82) is 0 Å². The average Bonchev–Trinajstić information content (AvgIpc) is 2.48. The molecule has 21 heavy (non-hydrogen) atoms. The summed E-state index contributed by atoms with van der Waals surface area (Å²) in [5.41, 5.74) is 0.839. The van der Waals surface area contributed by atoms with Crippen LogP contribution in [0.1, 0.15) is 12.5 Å². The summed E-state index contributed by atoms with van der Waals surface area (Å²) in [7, 11) is 0. The third-order valence-corrected chi connectivity index (χ3v) is 2.76. The average molecular weight is 292 g/mol. The number of nitrogens with one attached hydrogen (secondary N) is 1. The van der Waals surface area contributed by atoms with E-state index in [1.807, 2.05) is 6.07 Å². The number of aromatic nitrogens is 1. The van der Waals surface area contributed by atoms with Gasteiger partial charge in [-0.25, -0.2) is 8.78 Å². The molecule has 0 bridgehead atoms. The number of carbonyl (C=O) groups is 1. The minimum absolute atomic E-state index is 0.166. The van der Waals surface area contributed by atoms with Crippen molar-refractivity contribution in [3.05, 3.63) is 59.9 Å². The first-order valence-electron chi connectivity index (χ1n) is 6.34. The zero-order chi connectivity index (χ0) is 15.2. The summed E-state index contributed by atoms with van der Waals surface area (Å²) in [4.78, 5) is 15.8. The van der Waals surface area contributed by atoms with Crippen molar-refractivity contribution >= 4 is 5.91 Å². The first kappa shape index (κ1) is 14.9. The fourth-order valence-electron chi connectivity index (χ4n) is 1.65. The number of amides is 1. The summed E-state index contributed by atoms with van der Waals surface area (Å²) in [6.45, 7) is 1.79. The molecule has 0 saturated heterocycles. The standard InChI is InChI=1S/C15H14F2N2O2/c1-10(21-14-5-4-12(16)7-13(14)17)15(20)19-9-11-3-2-6-18-8-11/h2-8,10H,9H2,1H3,(H,19,20)/t10-/m1/s1. The number of benzene rings is 1. The van der Waals surface area contributed by atoms with Crippen LogP contribution in [0.3, 0.4) is 0 Å². The van der Waals surface area contributed by atoms with Crippen molar-refractivity contribution in [3.8, 4) is 5.75 Å². The molecule has 0 radical (unpaired) electrons. The third kappa shape index (κ3) is 4.24. The van der Waals surface area contributed by atoms with Crippen molar-refractivity contribution in [2.75, 3.05) is 0 Å². The van der Waals surface area contributed by atoms with Crippen molar-refractivity contribution in [1.82, 2.24) is 10.3 Å². The lowest BCUT2D eigenvalue weighted by Crippen LogP contribution is -2.36. The van der Waals surface area contributed by atoms with Gasteiger partial charge in [0.1, 0.15) is 5.82 Å². The molecule has 4 nitrogen and oxygen atoms in total. The quantitative estimate of drug-likeness (QED) is 0.921. The number of rotatable bonds is 5. The summed E-state index contributed by atoms with van der Waals surface area (Å²) in [5, 5.41) is 2.65. The van der Waals surface area contributed by atoms with Crippen LogP contribution in [0, 0.1) is 11.6 Å². The highest BCUT2D eigenvalue weighted by molar-refractivity contribution is 5.80. The molecule has 0 saturated carbocycles. The van der Waals surface area contributed by atoms with E-state index in [0.717, 1.165) is 17.7 Å². The lowest BCUT2D eigenvalue weighted by atomic mass is 10.2. The van der Waals surface area contributed by atoms with E-state index < -0.39 is 23.6 Å². The zero-order valence-corrected chi connectivity index (χ0v) is 11.3. The van der Waals surface area contributed by atoms with Crippen molar-refractivity contribution < 1.29 is 18.3 Å². The Balaban J connectivity index is 1.90. The molecule has 0 aliphatic rings. The van der Waals surface area contributed by atoms with Crippen LogP contribution >= 0.6 is 0 Å². The van der Waals surface area contributed by atoms with Gasteiger partial charge in [-0.2, -0.15) is 0 Å². The molecule has 0 spiro atoms. The Kier molecular flexibility index (Phi) is 4.81. The number of hydrogen-bond donors (Lipinski definition) is 1. The predicted octanol–water partition coefficient (Wildman–Crippen LogP) is 2.44. The van der Waals surface area contributed by atoms with E-state index >= 15 is 0 Å². The Morgan fingerprint density at radius 2 is 2.19 bits per heavy atom. The van der Waals surface area contributed by atoms with E-state index in [2.05, 4.69) is 10.3 Å². The first-order chi connectivity index (χ1) is 10.1. The van der Waals surface area contributed by atoms with Gasteiger partial charge < -0.3 is 10.1 Å². The topological polar surface area (TPSA) is 51.2 Å². The number of ether oxygens (including phenoxy) is 1. The van der Waals surface area contributed by atoms with Gasteiger partial charge in [-0.05, 0) is 30.7 Å². The van der Waals surface area contributed by atoms with E-state index in [9.17, 15) is 13.6 Å². The fourth-order valence-corrected chi connectivity index (χ4v) is 1.65. The van der Waals surface area contributed by atoms with Crippen LogP contribution in [0.25, 0.3) is 0 Å². The van der Waals surface area contributed by atoms with E-state index in [4.69, 9.17) is 4.74 Å². The van der Waals surface area contributed by atoms with Crippen LogP contribution < -0.4 is 10.1 Å². The molecule has 1 aromatic heterocycles. The van der Waals surface area contributed by atoms with Crippen molar-refractivity contribution in [2.24, 2.45) is 0 Å². The van der Waals surface area contributed by atoms with Gasteiger partial charge in [0.15, 0.2) is 17.7 Å². The Bertz CT molecular complexity index is 620. The van der Waals surface area contributed by atoms with Gasteiger partial charge in [0.05, 0.1) is 0 Å². The van der Waals surface area contributed by atoms with Crippen molar-refractivity contribution in [3.63, 3.8) is 0 Å². The highest BCUT2D eigenvalue weighted by Crippen LogP contribution is 2.18. The molecule has 1 amide bonds. The van der Waals surface area contributed by atoms with Gasteiger partial charge in [0.2, 0.25) is 0 Å². The van der Waals surface area contributed by atoms with Gasteiger partial charge in [0, 0.05) is 25.0 Å². The van der Waals surface area contributed by atoms with Crippen LogP contribution in [0.15, 0.2) is 42.7 Å². The molecular weight excluding hydrogens is 278 g/mol.